The Labute approximate surface area is 142 Å². The normalized spacial score (nSPS) is 10.9. The van der Waals surface area contributed by atoms with Crippen LogP contribution in [0.2, 0.25) is 0 Å². The van der Waals surface area contributed by atoms with Gasteiger partial charge in [0.1, 0.15) is 0 Å². The van der Waals surface area contributed by atoms with E-state index in [0.29, 0.717) is 5.56 Å². The zero-order valence-corrected chi connectivity index (χ0v) is 13.8. The highest BCUT2D eigenvalue weighted by Crippen LogP contribution is 2.14. The molecule has 4 heteroatoms. The van der Waals surface area contributed by atoms with E-state index in [4.69, 9.17) is 0 Å². The molecule has 0 radical (unpaired) electrons. The van der Waals surface area contributed by atoms with Crippen LogP contribution in [0.3, 0.4) is 0 Å². The summed E-state index contributed by atoms with van der Waals surface area (Å²) in [6, 6.07) is 13.8. The van der Waals surface area contributed by atoms with Crippen molar-refractivity contribution in [1.82, 2.24) is 0 Å². The van der Waals surface area contributed by atoms with Gasteiger partial charge in [-0.3, -0.25) is 14.9 Å². The Balaban J connectivity index is 1.97. The van der Waals surface area contributed by atoms with Gasteiger partial charge in [0.15, 0.2) is 5.78 Å². The number of benzene rings is 2. The van der Waals surface area contributed by atoms with E-state index >= 15 is 0 Å². The average Bonchev–Trinajstić information content (AvgIpc) is 2.61. The third-order valence-corrected chi connectivity index (χ3v) is 3.84. The highest BCUT2D eigenvalue weighted by Gasteiger charge is 2.04. The number of aryl methyl sites for hydroxylation is 1. The minimum atomic E-state index is -0.444. The van der Waals surface area contributed by atoms with Crippen molar-refractivity contribution in [2.75, 3.05) is 0 Å². The Kier molecular flexibility index (Phi) is 6.43. The fraction of sp³-hybridized carbons (Fsp3) is 0.250. The molecule has 0 aliphatic heterocycles. The molecule has 0 heterocycles. The summed E-state index contributed by atoms with van der Waals surface area (Å²) in [4.78, 5) is 22.3. The van der Waals surface area contributed by atoms with E-state index < -0.39 is 4.92 Å². The lowest BCUT2D eigenvalue weighted by molar-refractivity contribution is -0.384. The highest BCUT2D eigenvalue weighted by molar-refractivity contribution is 6.06. The molecule has 0 aliphatic rings. The van der Waals surface area contributed by atoms with Gasteiger partial charge in [-0.05, 0) is 42.2 Å². The largest absolute Gasteiger partial charge is 0.289 e. The van der Waals surface area contributed by atoms with Crippen molar-refractivity contribution in [2.24, 2.45) is 0 Å². The molecule has 2 aromatic carbocycles. The molecule has 0 fully saturated rings. The van der Waals surface area contributed by atoms with Crippen molar-refractivity contribution in [3.63, 3.8) is 0 Å². The smallest absolute Gasteiger partial charge is 0.269 e. The monoisotopic (exact) mass is 323 g/mol. The van der Waals surface area contributed by atoms with Crippen LogP contribution in [0.15, 0.2) is 54.6 Å². The third kappa shape index (κ3) is 5.16. The number of carbonyl (C=O) groups is 1. The van der Waals surface area contributed by atoms with Gasteiger partial charge in [0.2, 0.25) is 0 Å². The molecule has 124 valence electrons. The minimum absolute atomic E-state index is 0.0390. The molecular formula is C20H21NO3. The maximum Gasteiger partial charge on any atom is 0.269 e. The lowest BCUT2D eigenvalue weighted by Crippen LogP contribution is -1.95. The topological polar surface area (TPSA) is 60.2 Å². The van der Waals surface area contributed by atoms with Crippen LogP contribution >= 0.6 is 0 Å². The maximum atomic E-state index is 12.2. The number of nitrogens with zero attached hydrogens (tertiary/aromatic N) is 1. The summed E-state index contributed by atoms with van der Waals surface area (Å²) in [5, 5.41) is 10.6. The number of hydrogen-bond acceptors (Lipinski definition) is 3. The van der Waals surface area contributed by atoms with E-state index in [-0.39, 0.29) is 11.5 Å². The van der Waals surface area contributed by atoms with Crippen LogP contribution in [0.25, 0.3) is 6.08 Å². The predicted octanol–water partition coefficient (Wildman–Crippen LogP) is 5.22. The van der Waals surface area contributed by atoms with Gasteiger partial charge in [0.05, 0.1) is 4.92 Å². The van der Waals surface area contributed by atoms with Crippen LogP contribution in [0, 0.1) is 10.1 Å². The Morgan fingerprint density at radius 3 is 2.29 bits per heavy atom. The molecule has 0 N–H and O–H groups in total. The van der Waals surface area contributed by atoms with Crippen molar-refractivity contribution in [3.05, 3.63) is 81.4 Å². The first-order valence-corrected chi connectivity index (χ1v) is 8.16. The lowest BCUT2D eigenvalue weighted by Gasteiger charge is -2.02. The number of allylic oxidation sites excluding steroid dienone is 1. The van der Waals surface area contributed by atoms with E-state index in [1.807, 2.05) is 24.3 Å². The second-order valence-electron chi connectivity index (χ2n) is 5.70. The first kappa shape index (κ1) is 17.6. The van der Waals surface area contributed by atoms with Gasteiger partial charge < -0.3 is 0 Å². The number of unbranched alkanes of at least 4 members (excludes halogenated alkanes) is 2. The summed E-state index contributed by atoms with van der Waals surface area (Å²) in [5.74, 6) is -0.0755. The molecule has 0 unspecified atom stereocenters. The number of ketones is 1. The van der Waals surface area contributed by atoms with Gasteiger partial charge in [-0.25, -0.2) is 0 Å². The number of hydrogen-bond donors (Lipinski definition) is 0. The van der Waals surface area contributed by atoms with Crippen LogP contribution in [-0.4, -0.2) is 10.7 Å². The molecular weight excluding hydrogens is 302 g/mol. The summed E-state index contributed by atoms with van der Waals surface area (Å²) < 4.78 is 0. The highest BCUT2D eigenvalue weighted by atomic mass is 16.6. The third-order valence-electron chi connectivity index (χ3n) is 3.84. The van der Waals surface area contributed by atoms with Crippen LogP contribution in [0.1, 0.15) is 47.7 Å². The van der Waals surface area contributed by atoms with E-state index in [9.17, 15) is 14.9 Å². The zero-order chi connectivity index (χ0) is 17.4. The van der Waals surface area contributed by atoms with E-state index in [1.165, 1.54) is 43.0 Å². The summed E-state index contributed by atoms with van der Waals surface area (Å²) in [6.45, 7) is 2.18. The summed E-state index contributed by atoms with van der Waals surface area (Å²) >= 11 is 0. The minimum Gasteiger partial charge on any atom is -0.289 e. The fourth-order valence-electron chi connectivity index (χ4n) is 2.39. The van der Waals surface area contributed by atoms with Crippen molar-refractivity contribution in [1.29, 1.82) is 0 Å². The molecule has 4 nitrogen and oxygen atoms in total. The van der Waals surface area contributed by atoms with E-state index in [0.717, 1.165) is 12.0 Å². The van der Waals surface area contributed by atoms with E-state index in [2.05, 4.69) is 6.92 Å². The molecule has 0 amide bonds. The Morgan fingerprint density at radius 2 is 1.71 bits per heavy atom. The number of rotatable bonds is 8. The SMILES string of the molecule is CCCCCc1ccc(C(=O)/C=C/c2ccc([N+](=O)[O-])cc2)cc1. The summed E-state index contributed by atoms with van der Waals surface area (Å²) in [5.41, 5.74) is 2.69. The molecule has 2 aromatic rings. The predicted molar refractivity (Wildman–Crippen MR) is 96.1 cm³/mol. The number of nitro benzene ring substituents is 1. The number of non-ortho nitro benzene ring substituents is 1. The van der Waals surface area contributed by atoms with Gasteiger partial charge in [-0.1, -0.05) is 50.1 Å². The van der Waals surface area contributed by atoms with Crippen molar-refractivity contribution in [2.45, 2.75) is 32.6 Å². The molecule has 0 atom stereocenters. The molecule has 0 saturated heterocycles. The molecule has 0 bridgehead atoms. The van der Waals surface area contributed by atoms with Gasteiger partial charge in [0, 0.05) is 17.7 Å². The van der Waals surface area contributed by atoms with Crippen LogP contribution in [0.5, 0.6) is 0 Å². The molecule has 2 rings (SSSR count). The summed E-state index contributed by atoms with van der Waals surface area (Å²) in [7, 11) is 0. The zero-order valence-electron chi connectivity index (χ0n) is 13.8. The molecule has 0 aliphatic carbocycles. The van der Waals surface area contributed by atoms with Gasteiger partial charge in [0.25, 0.3) is 5.69 Å². The summed E-state index contributed by atoms with van der Waals surface area (Å²) in [6.07, 6.45) is 7.79. The van der Waals surface area contributed by atoms with Crippen LogP contribution in [0.4, 0.5) is 5.69 Å². The lowest BCUT2D eigenvalue weighted by atomic mass is 10.0. The first-order valence-electron chi connectivity index (χ1n) is 8.16. The second kappa shape index (κ2) is 8.77. The molecule has 0 saturated carbocycles. The number of carbonyl (C=O) groups excluding carboxylic acids is 1. The van der Waals surface area contributed by atoms with E-state index in [1.54, 1.807) is 18.2 Å². The number of nitro groups is 1. The van der Waals surface area contributed by atoms with Crippen molar-refractivity contribution in [3.8, 4) is 0 Å². The Morgan fingerprint density at radius 1 is 1.04 bits per heavy atom. The second-order valence-corrected chi connectivity index (χ2v) is 5.70. The first-order chi connectivity index (χ1) is 11.6. The molecule has 0 aromatic heterocycles. The molecule has 0 spiro atoms. The van der Waals surface area contributed by atoms with Crippen molar-refractivity contribution < 1.29 is 9.72 Å². The quantitative estimate of drug-likeness (QED) is 0.220. The molecule has 24 heavy (non-hydrogen) atoms. The Bertz CT molecular complexity index is 716. The van der Waals surface area contributed by atoms with Crippen molar-refractivity contribution >= 4 is 17.5 Å². The van der Waals surface area contributed by atoms with Gasteiger partial charge in [-0.15, -0.1) is 0 Å². The standard InChI is InChI=1S/C20H21NO3/c1-2-3-4-5-16-6-11-18(12-7-16)20(22)15-10-17-8-13-19(14-9-17)21(23)24/h6-15H,2-5H2,1H3/b15-10+. The maximum absolute atomic E-state index is 12.2. The van der Waals surface area contributed by atoms with Gasteiger partial charge >= 0.3 is 0 Å². The van der Waals surface area contributed by atoms with Crippen LogP contribution < -0.4 is 0 Å². The fourth-order valence-corrected chi connectivity index (χ4v) is 2.39. The van der Waals surface area contributed by atoms with Crippen LogP contribution in [-0.2, 0) is 6.42 Å². The van der Waals surface area contributed by atoms with Gasteiger partial charge in [-0.2, -0.15) is 0 Å². The Hall–Kier alpha value is -2.75. The average molecular weight is 323 g/mol.